The van der Waals surface area contributed by atoms with Gasteiger partial charge in [0.25, 0.3) is 0 Å². The molecule has 0 saturated carbocycles. The van der Waals surface area contributed by atoms with Crippen molar-refractivity contribution in [2.75, 3.05) is 5.75 Å². The minimum atomic E-state index is -0.524. The molecule has 1 N–H and O–H groups in total. The third-order valence-corrected chi connectivity index (χ3v) is 6.37. The summed E-state index contributed by atoms with van der Waals surface area (Å²) < 4.78 is 0. The van der Waals surface area contributed by atoms with Crippen LogP contribution in [0.3, 0.4) is 0 Å². The summed E-state index contributed by atoms with van der Waals surface area (Å²) in [7, 11) is 0. The number of benzene rings is 2. The van der Waals surface area contributed by atoms with E-state index in [4.69, 9.17) is 0 Å². The molecule has 0 aliphatic carbocycles. The number of aryl methyl sites for hydroxylation is 3. The normalized spacial score (nSPS) is 12.8. The van der Waals surface area contributed by atoms with E-state index in [2.05, 4.69) is 43.4 Å². The van der Waals surface area contributed by atoms with Crippen LogP contribution in [0, 0.1) is 20.8 Å². The number of nitrogens with one attached hydrogen (secondary N) is 1. The molecule has 0 saturated heterocycles. The Morgan fingerprint density at radius 1 is 0.968 bits per heavy atom. The van der Waals surface area contributed by atoms with Crippen LogP contribution in [0.25, 0.3) is 0 Å². The lowest BCUT2D eigenvalue weighted by atomic mass is 10.1. The topological polar surface area (TPSA) is 49.4 Å². The van der Waals surface area contributed by atoms with Gasteiger partial charge in [-0.25, -0.2) is 0 Å². The molecule has 0 fully saturated rings. The Labute approximate surface area is 191 Å². The average Bonchev–Trinajstić information content (AvgIpc) is 2.70. The molecule has 168 valence electrons. The summed E-state index contributed by atoms with van der Waals surface area (Å²) in [5.41, 5.74) is 5.88. The number of hydrogen-bond donors (Lipinski definition) is 1. The summed E-state index contributed by atoms with van der Waals surface area (Å²) >= 11 is 1.60. The Hall–Kier alpha value is -2.27. The first-order valence-corrected chi connectivity index (χ1v) is 12.1. The van der Waals surface area contributed by atoms with Crippen LogP contribution in [0.5, 0.6) is 0 Å². The van der Waals surface area contributed by atoms with Gasteiger partial charge in [0.1, 0.15) is 6.04 Å². The highest BCUT2D eigenvalue weighted by Crippen LogP contribution is 2.18. The van der Waals surface area contributed by atoms with Crippen LogP contribution in [0.15, 0.2) is 42.5 Å². The van der Waals surface area contributed by atoms with E-state index in [1.807, 2.05) is 45.9 Å². The van der Waals surface area contributed by atoms with Gasteiger partial charge in [0.2, 0.25) is 11.8 Å². The second-order valence-electron chi connectivity index (χ2n) is 8.49. The van der Waals surface area contributed by atoms with Crippen molar-refractivity contribution in [2.24, 2.45) is 0 Å². The van der Waals surface area contributed by atoms with E-state index in [9.17, 15) is 9.59 Å². The van der Waals surface area contributed by atoms with Gasteiger partial charge in [0.05, 0.1) is 5.75 Å². The summed E-state index contributed by atoms with van der Waals surface area (Å²) in [5.74, 6) is 1.01. The standard InChI is InChI=1S/C26H36N2O2S/c1-7-21(5)27-26(30)22(6)28(15-23-10-8-9-18(2)12-23)25(29)17-31-16-24-13-19(3)11-20(4)14-24/h8-14,21-22H,7,15-17H2,1-6H3,(H,27,30)/t21-,22+/m1/s1. The van der Waals surface area contributed by atoms with Crippen molar-refractivity contribution >= 4 is 23.6 Å². The first-order valence-electron chi connectivity index (χ1n) is 11.0. The Balaban J connectivity index is 2.09. The second kappa shape index (κ2) is 11.9. The fourth-order valence-corrected chi connectivity index (χ4v) is 4.39. The highest BCUT2D eigenvalue weighted by Gasteiger charge is 2.26. The van der Waals surface area contributed by atoms with Crippen molar-refractivity contribution in [3.05, 3.63) is 70.3 Å². The number of carbonyl (C=O) groups excluding carboxylic acids is 2. The third kappa shape index (κ3) is 8.06. The maximum absolute atomic E-state index is 13.2. The van der Waals surface area contributed by atoms with Gasteiger partial charge in [-0.05, 0) is 52.2 Å². The van der Waals surface area contributed by atoms with Crippen LogP contribution >= 0.6 is 11.8 Å². The molecule has 2 aromatic carbocycles. The lowest BCUT2D eigenvalue weighted by Crippen LogP contribution is -2.50. The SMILES string of the molecule is CC[C@@H](C)NC(=O)[C@H](C)N(Cc1cccc(C)c1)C(=O)CSCc1cc(C)cc(C)c1. The Morgan fingerprint density at radius 2 is 1.61 bits per heavy atom. The van der Waals surface area contributed by atoms with Crippen molar-refractivity contribution in [2.45, 2.75) is 72.3 Å². The summed E-state index contributed by atoms with van der Waals surface area (Å²) in [6, 6.07) is 14.2. The molecule has 2 amide bonds. The van der Waals surface area contributed by atoms with Crippen molar-refractivity contribution < 1.29 is 9.59 Å². The summed E-state index contributed by atoms with van der Waals surface area (Å²) in [6.45, 7) is 12.5. The van der Waals surface area contributed by atoms with Crippen LogP contribution in [-0.2, 0) is 21.9 Å². The number of rotatable bonds is 10. The molecule has 0 heterocycles. The van der Waals surface area contributed by atoms with Gasteiger partial charge in [0, 0.05) is 18.3 Å². The van der Waals surface area contributed by atoms with Crippen molar-refractivity contribution in [1.82, 2.24) is 10.2 Å². The van der Waals surface area contributed by atoms with Crippen LogP contribution in [0.2, 0.25) is 0 Å². The zero-order valence-electron chi connectivity index (χ0n) is 19.7. The first kappa shape index (κ1) is 25.0. The van der Waals surface area contributed by atoms with E-state index in [-0.39, 0.29) is 17.9 Å². The molecule has 2 rings (SSSR count). The van der Waals surface area contributed by atoms with Crippen molar-refractivity contribution in [3.8, 4) is 0 Å². The molecule has 31 heavy (non-hydrogen) atoms. The van der Waals surface area contributed by atoms with E-state index in [1.165, 1.54) is 16.7 Å². The highest BCUT2D eigenvalue weighted by atomic mass is 32.2. The molecule has 5 heteroatoms. The molecule has 2 aromatic rings. The predicted octanol–water partition coefficient (Wildman–Crippen LogP) is 5.18. The minimum Gasteiger partial charge on any atom is -0.352 e. The molecule has 0 radical (unpaired) electrons. The monoisotopic (exact) mass is 440 g/mol. The molecule has 0 aliphatic rings. The quantitative estimate of drug-likeness (QED) is 0.554. The number of carbonyl (C=O) groups is 2. The summed E-state index contributed by atoms with van der Waals surface area (Å²) in [4.78, 5) is 27.7. The first-order chi connectivity index (χ1) is 14.7. The van der Waals surface area contributed by atoms with Gasteiger partial charge in [-0.1, -0.05) is 66.1 Å². The summed E-state index contributed by atoms with van der Waals surface area (Å²) in [6.07, 6.45) is 0.857. The fraction of sp³-hybridized carbons (Fsp3) is 0.462. The van der Waals surface area contributed by atoms with Crippen molar-refractivity contribution in [3.63, 3.8) is 0 Å². The molecule has 0 bridgehead atoms. The average molecular weight is 441 g/mol. The maximum atomic E-state index is 13.2. The third-order valence-electron chi connectivity index (χ3n) is 5.38. The molecule has 0 aromatic heterocycles. The Bertz CT molecular complexity index is 876. The van der Waals surface area contributed by atoms with Crippen LogP contribution in [0.4, 0.5) is 0 Å². The summed E-state index contributed by atoms with van der Waals surface area (Å²) in [5, 5.41) is 3.02. The van der Waals surface area contributed by atoms with Gasteiger partial charge in [0.15, 0.2) is 0 Å². The minimum absolute atomic E-state index is 0.0114. The van der Waals surface area contributed by atoms with E-state index < -0.39 is 6.04 Å². The number of hydrogen-bond acceptors (Lipinski definition) is 3. The molecule has 2 atom stereocenters. The molecule has 0 unspecified atom stereocenters. The zero-order valence-corrected chi connectivity index (χ0v) is 20.5. The largest absolute Gasteiger partial charge is 0.352 e. The van der Waals surface area contributed by atoms with Gasteiger partial charge in [-0.15, -0.1) is 11.8 Å². The molecule has 0 aliphatic heterocycles. The van der Waals surface area contributed by atoms with E-state index in [1.54, 1.807) is 16.7 Å². The van der Waals surface area contributed by atoms with Gasteiger partial charge in [-0.2, -0.15) is 0 Å². The zero-order chi connectivity index (χ0) is 23.0. The Kier molecular flexibility index (Phi) is 9.63. The second-order valence-corrected chi connectivity index (χ2v) is 9.48. The van der Waals surface area contributed by atoms with E-state index in [0.29, 0.717) is 12.3 Å². The van der Waals surface area contributed by atoms with Crippen LogP contribution < -0.4 is 5.32 Å². The number of thioether (sulfide) groups is 1. The maximum Gasteiger partial charge on any atom is 0.242 e. The number of amides is 2. The predicted molar refractivity (Wildman–Crippen MR) is 131 cm³/mol. The number of nitrogens with zero attached hydrogens (tertiary/aromatic N) is 1. The molecular formula is C26H36N2O2S. The lowest BCUT2D eigenvalue weighted by Gasteiger charge is -2.29. The van der Waals surface area contributed by atoms with E-state index >= 15 is 0 Å². The molecule has 0 spiro atoms. The van der Waals surface area contributed by atoms with E-state index in [0.717, 1.165) is 23.3 Å². The highest BCUT2D eigenvalue weighted by molar-refractivity contribution is 7.99. The lowest BCUT2D eigenvalue weighted by molar-refractivity contribution is -0.138. The molecular weight excluding hydrogens is 404 g/mol. The van der Waals surface area contributed by atoms with Gasteiger partial charge < -0.3 is 10.2 Å². The Morgan fingerprint density at radius 3 is 2.23 bits per heavy atom. The van der Waals surface area contributed by atoms with Gasteiger partial charge in [-0.3, -0.25) is 9.59 Å². The van der Waals surface area contributed by atoms with Gasteiger partial charge >= 0.3 is 0 Å². The smallest absolute Gasteiger partial charge is 0.242 e. The van der Waals surface area contributed by atoms with Crippen molar-refractivity contribution in [1.29, 1.82) is 0 Å². The van der Waals surface area contributed by atoms with Crippen LogP contribution in [0.1, 0.15) is 55.0 Å². The van der Waals surface area contributed by atoms with Crippen LogP contribution in [-0.4, -0.2) is 34.6 Å². The molecule has 4 nitrogen and oxygen atoms in total. The fourth-order valence-electron chi connectivity index (χ4n) is 3.55.